The zero-order valence-corrected chi connectivity index (χ0v) is 18.0. The van der Waals surface area contributed by atoms with Crippen LogP contribution in [0.1, 0.15) is 30.6 Å². The van der Waals surface area contributed by atoms with Crippen LogP contribution in [0.3, 0.4) is 0 Å². The van der Waals surface area contributed by atoms with Crippen LogP contribution in [0.4, 0.5) is 11.4 Å². The van der Waals surface area contributed by atoms with Crippen molar-refractivity contribution in [2.75, 3.05) is 30.5 Å². The molecule has 1 atom stereocenters. The number of esters is 1. The van der Waals surface area contributed by atoms with Gasteiger partial charge in [0.05, 0.1) is 18.5 Å². The number of benzene rings is 2. The fraction of sp³-hybridized carbons (Fsp3) is 0.304. The molecule has 0 aliphatic carbocycles. The fourth-order valence-electron chi connectivity index (χ4n) is 3.36. The first-order valence-electron chi connectivity index (χ1n) is 9.98. The minimum Gasteiger partial charge on any atom is -0.493 e. The molecule has 168 valence electrons. The van der Waals surface area contributed by atoms with Crippen LogP contribution in [0.25, 0.3) is 0 Å². The summed E-state index contributed by atoms with van der Waals surface area (Å²) in [6.45, 7) is 2.23. The quantitative estimate of drug-likeness (QED) is 0.520. The average molecular weight is 440 g/mol. The molecule has 1 N–H and O–H groups in total. The number of nitrogens with zero attached hydrogens (tertiary/aromatic N) is 1. The Hall–Kier alpha value is -3.88. The van der Waals surface area contributed by atoms with Crippen LogP contribution in [0.15, 0.2) is 42.5 Å². The standard InChI is InChI=1S/C23H24N2O7/c1-14-10-21(27)24-17-6-4-5-7-18(17)25(14)22(28)12-32-23(29)13-31-19-9-8-16(15(2)26)11-20(19)30-3/h4-9,11,14H,10,12-13H2,1-3H3,(H,24,27). The van der Waals surface area contributed by atoms with Gasteiger partial charge in [-0.15, -0.1) is 0 Å². The smallest absolute Gasteiger partial charge is 0.344 e. The number of carbonyl (C=O) groups excluding carboxylic acids is 4. The maximum Gasteiger partial charge on any atom is 0.344 e. The SMILES string of the molecule is COc1cc(C(C)=O)ccc1OCC(=O)OCC(=O)N1c2ccccc2NC(=O)CC1C. The van der Waals surface area contributed by atoms with Crippen LogP contribution in [-0.2, 0) is 19.1 Å². The first-order chi connectivity index (χ1) is 15.3. The molecule has 1 aliphatic heterocycles. The van der Waals surface area contributed by atoms with E-state index in [9.17, 15) is 19.2 Å². The Morgan fingerprint density at radius 3 is 2.56 bits per heavy atom. The number of anilines is 2. The summed E-state index contributed by atoms with van der Waals surface area (Å²) in [6.07, 6.45) is 0.119. The first kappa shape index (κ1) is 22.8. The lowest BCUT2D eigenvalue weighted by molar-refractivity contribution is -0.150. The predicted molar refractivity (Wildman–Crippen MR) is 116 cm³/mol. The Labute approximate surface area is 185 Å². The molecular weight excluding hydrogens is 416 g/mol. The second-order valence-electron chi connectivity index (χ2n) is 7.25. The maximum atomic E-state index is 12.8. The molecule has 32 heavy (non-hydrogen) atoms. The Morgan fingerprint density at radius 1 is 1.09 bits per heavy atom. The number of Topliss-reactive ketones (excluding diaryl/α,β-unsaturated/α-hetero) is 1. The number of para-hydroxylation sites is 2. The zero-order valence-electron chi connectivity index (χ0n) is 18.0. The highest BCUT2D eigenvalue weighted by molar-refractivity contribution is 6.05. The van der Waals surface area contributed by atoms with Crippen molar-refractivity contribution in [1.82, 2.24) is 0 Å². The highest BCUT2D eigenvalue weighted by Crippen LogP contribution is 2.31. The molecule has 0 saturated heterocycles. The van der Waals surface area contributed by atoms with Crippen molar-refractivity contribution >= 4 is 34.9 Å². The number of hydrogen-bond donors (Lipinski definition) is 1. The lowest BCUT2D eigenvalue weighted by Gasteiger charge is -2.27. The van der Waals surface area contributed by atoms with E-state index in [-0.39, 0.29) is 23.9 Å². The van der Waals surface area contributed by atoms with Crippen molar-refractivity contribution in [3.63, 3.8) is 0 Å². The lowest BCUT2D eigenvalue weighted by Crippen LogP contribution is -2.41. The molecular formula is C23H24N2O7. The van der Waals surface area contributed by atoms with Gasteiger partial charge in [-0.25, -0.2) is 4.79 Å². The van der Waals surface area contributed by atoms with E-state index in [2.05, 4.69) is 5.32 Å². The topological polar surface area (TPSA) is 111 Å². The summed E-state index contributed by atoms with van der Waals surface area (Å²) in [5, 5.41) is 2.77. The van der Waals surface area contributed by atoms with Crippen molar-refractivity contribution in [2.24, 2.45) is 0 Å². The van der Waals surface area contributed by atoms with Crippen LogP contribution in [-0.4, -0.2) is 49.9 Å². The van der Waals surface area contributed by atoms with Crippen LogP contribution < -0.4 is 19.7 Å². The second-order valence-corrected chi connectivity index (χ2v) is 7.25. The molecule has 0 fully saturated rings. The van der Waals surface area contributed by atoms with Gasteiger partial charge in [-0.3, -0.25) is 14.4 Å². The van der Waals surface area contributed by atoms with Crippen LogP contribution in [0, 0.1) is 0 Å². The molecule has 1 heterocycles. The van der Waals surface area contributed by atoms with Gasteiger partial charge in [0.1, 0.15) is 0 Å². The van der Waals surface area contributed by atoms with Crippen molar-refractivity contribution in [3.05, 3.63) is 48.0 Å². The number of rotatable bonds is 7. The molecule has 9 nitrogen and oxygen atoms in total. The monoisotopic (exact) mass is 440 g/mol. The summed E-state index contributed by atoms with van der Waals surface area (Å²) in [4.78, 5) is 49.9. The Bertz CT molecular complexity index is 1050. The Morgan fingerprint density at radius 2 is 1.84 bits per heavy atom. The van der Waals surface area contributed by atoms with Gasteiger partial charge in [-0.1, -0.05) is 12.1 Å². The Kier molecular flexibility index (Phi) is 7.09. The zero-order chi connectivity index (χ0) is 23.3. The summed E-state index contributed by atoms with van der Waals surface area (Å²) < 4.78 is 15.7. The number of ketones is 1. The van der Waals surface area contributed by atoms with Crippen molar-refractivity contribution in [1.29, 1.82) is 0 Å². The van der Waals surface area contributed by atoms with Gasteiger partial charge >= 0.3 is 5.97 Å². The van der Waals surface area contributed by atoms with E-state index in [4.69, 9.17) is 14.2 Å². The number of carbonyl (C=O) groups is 4. The number of fused-ring (bicyclic) bond motifs is 1. The Balaban J connectivity index is 1.61. The van der Waals surface area contributed by atoms with E-state index in [0.29, 0.717) is 22.7 Å². The molecule has 2 amide bonds. The van der Waals surface area contributed by atoms with Crippen molar-refractivity contribution < 1.29 is 33.4 Å². The van der Waals surface area contributed by atoms with Gasteiger partial charge in [0, 0.05) is 18.0 Å². The summed E-state index contributed by atoms with van der Waals surface area (Å²) >= 11 is 0. The molecule has 1 aliphatic rings. The summed E-state index contributed by atoms with van der Waals surface area (Å²) in [7, 11) is 1.42. The molecule has 0 bridgehead atoms. The molecule has 2 aromatic rings. The second kappa shape index (κ2) is 9.95. The number of ether oxygens (including phenoxy) is 3. The predicted octanol–water partition coefficient (Wildman–Crippen LogP) is 2.58. The van der Waals surface area contributed by atoms with Crippen LogP contribution in [0.2, 0.25) is 0 Å². The lowest BCUT2D eigenvalue weighted by atomic mass is 10.1. The third kappa shape index (κ3) is 5.23. The summed E-state index contributed by atoms with van der Waals surface area (Å²) in [5.74, 6) is -0.974. The molecule has 9 heteroatoms. The van der Waals surface area contributed by atoms with E-state index < -0.39 is 31.1 Å². The highest BCUT2D eigenvalue weighted by atomic mass is 16.6. The maximum absolute atomic E-state index is 12.8. The number of nitrogens with one attached hydrogen (secondary N) is 1. The van der Waals surface area contributed by atoms with Gasteiger partial charge in [-0.05, 0) is 44.2 Å². The number of amides is 2. The fourth-order valence-corrected chi connectivity index (χ4v) is 3.36. The minimum absolute atomic E-state index is 0.119. The van der Waals surface area contributed by atoms with Gasteiger partial charge in [-0.2, -0.15) is 0 Å². The summed E-state index contributed by atoms with van der Waals surface area (Å²) in [6, 6.07) is 11.1. The van der Waals surface area contributed by atoms with Gasteiger partial charge < -0.3 is 24.4 Å². The van der Waals surface area contributed by atoms with E-state index >= 15 is 0 Å². The van der Waals surface area contributed by atoms with Crippen molar-refractivity contribution in [2.45, 2.75) is 26.3 Å². The molecule has 0 aromatic heterocycles. The van der Waals surface area contributed by atoms with Crippen LogP contribution in [0.5, 0.6) is 11.5 Å². The molecule has 0 radical (unpaired) electrons. The largest absolute Gasteiger partial charge is 0.493 e. The molecule has 0 spiro atoms. The number of methoxy groups -OCH3 is 1. The van der Waals surface area contributed by atoms with E-state index in [1.165, 1.54) is 31.1 Å². The average Bonchev–Trinajstić information content (AvgIpc) is 2.89. The van der Waals surface area contributed by atoms with E-state index in [0.717, 1.165) is 0 Å². The van der Waals surface area contributed by atoms with Crippen molar-refractivity contribution in [3.8, 4) is 11.5 Å². The highest BCUT2D eigenvalue weighted by Gasteiger charge is 2.30. The third-order valence-corrected chi connectivity index (χ3v) is 4.90. The van der Waals surface area contributed by atoms with E-state index in [1.807, 2.05) is 0 Å². The molecule has 2 aromatic carbocycles. The summed E-state index contributed by atoms with van der Waals surface area (Å²) in [5.41, 5.74) is 1.51. The normalized spacial score (nSPS) is 15.2. The van der Waals surface area contributed by atoms with Gasteiger partial charge in [0.2, 0.25) is 5.91 Å². The van der Waals surface area contributed by atoms with Gasteiger partial charge in [0.15, 0.2) is 30.5 Å². The third-order valence-electron chi connectivity index (χ3n) is 4.90. The minimum atomic E-state index is -0.749. The van der Waals surface area contributed by atoms with Gasteiger partial charge in [0.25, 0.3) is 5.91 Å². The number of hydrogen-bond acceptors (Lipinski definition) is 7. The first-order valence-corrected chi connectivity index (χ1v) is 9.98. The molecule has 0 saturated carbocycles. The molecule has 1 unspecified atom stereocenters. The molecule has 3 rings (SSSR count). The van der Waals surface area contributed by atoms with Crippen LogP contribution >= 0.6 is 0 Å². The van der Waals surface area contributed by atoms with E-state index in [1.54, 1.807) is 37.3 Å².